The number of hydrogen-bond donors (Lipinski definition) is 1. The van der Waals surface area contributed by atoms with Gasteiger partial charge in [-0.2, -0.15) is 0 Å². The van der Waals surface area contributed by atoms with Gasteiger partial charge in [0.05, 0.1) is 12.5 Å². The molecule has 1 saturated carbocycles. The Kier molecular flexibility index (Phi) is 5.82. The lowest BCUT2D eigenvalue weighted by atomic mass is 9.74. The summed E-state index contributed by atoms with van der Waals surface area (Å²) in [6, 6.07) is 7.93. The van der Waals surface area contributed by atoms with Gasteiger partial charge in [-0.1, -0.05) is 25.0 Å². The van der Waals surface area contributed by atoms with E-state index in [1.807, 2.05) is 24.3 Å². The van der Waals surface area contributed by atoms with Gasteiger partial charge in [-0.15, -0.1) is 0 Å². The van der Waals surface area contributed by atoms with E-state index in [0.29, 0.717) is 19.8 Å². The van der Waals surface area contributed by atoms with Gasteiger partial charge < -0.3 is 14.8 Å². The van der Waals surface area contributed by atoms with Crippen molar-refractivity contribution in [3.63, 3.8) is 0 Å². The molecule has 0 bridgehead atoms. The first-order valence-electron chi connectivity index (χ1n) is 10.8. The number of methoxy groups -OCH3 is 1. The molecule has 3 amide bonds. The second kappa shape index (κ2) is 8.38. The maximum absolute atomic E-state index is 12.8. The molecule has 2 saturated heterocycles. The first kappa shape index (κ1) is 20.8. The van der Waals surface area contributed by atoms with Crippen molar-refractivity contribution in [1.82, 2.24) is 10.2 Å². The summed E-state index contributed by atoms with van der Waals surface area (Å²) < 4.78 is 10.8. The molecule has 0 unspecified atom stereocenters. The molecule has 0 radical (unpaired) electrons. The van der Waals surface area contributed by atoms with E-state index in [1.54, 1.807) is 7.11 Å². The zero-order valence-corrected chi connectivity index (χ0v) is 17.6. The van der Waals surface area contributed by atoms with E-state index < -0.39 is 5.41 Å². The molecule has 2 aliphatic heterocycles. The Morgan fingerprint density at radius 1 is 1.10 bits per heavy atom. The van der Waals surface area contributed by atoms with Crippen LogP contribution < -0.4 is 10.1 Å². The number of ether oxygens (including phenoxy) is 2. The van der Waals surface area contributed by atoms with Crippen LogP contribution in [0.15, 0.2) is 24.3 Å². The third-order valence-electron chi connectivity index (χ3n) is 7.13. The van der Waals surface area contributed by atoms with E-state index in [4.69, 9.17) is 9.47 Å². The molecule has 1 spiro atoms. The molecule has 1 N–H and O–H groups in total. The van der Waals surface area contributed by atoms with Crippen molar-refractivity contribution in [2.45, 2.75) is 50.4 Å². The Balaban J connectivity index is 1.41. The molecule has 7 nitrogen and oxygen atoms in total. The summed E-state index contributed by atoms with van der Waals surface area (Å²) in [5, 5.41) is 3.00. The number of imide groups is 1. The van der Waals surface area contributed by atoms with Gasteiger partial charge in [0.15, 0.2) is 0 Å². The maximum atomic E-state index is 12.8. The van der Waals surface area contributed by atoms with Crippen molar-refractivity contribution in [1.29, 1.82) is 0 Å². The fourth-order valence-electron chi connectivity index (χ4n) is 5.20. The summed E-state index contributed by atoms with van der Waals surface area (Å²) >= 11 is 0. The summed E-state index contributed by atoms with van der Waals surface area (Å²) in [5.41, 5.74) is 0.360. The van der Waals surface area contributed by atoms with Crippen molar-refractivity contribution in [3.8, 4) is 5.75 Å². The molecule has 1 aromatic rings. The van der Waals surface area contributed by atoms with Gasteiger partial charge in [0, 0.05) is 31.6 Å². The Labute approximate surface area is 177 Å². The minimum Gasteiger partial charge on any atom is -0.497 e. The highest BCUT2D eigenvalue weighted by Crippen LogP contribution is 2.46. The Hall–Kier alpha value is -2.41. The highest BCUT2D eigenvalue weighted by atomic mass is 16.5. The highest BCUT2D eigenvalue weighted by Gasteiger charge is 2.52. The second-order valence-corrected chi connectivity index (χ2v) is 8.85. The second-order valence-electron chi connectivity index (χ2n) is 8.85. The number of likely N-dealkylation sites (tertiary alicyclic amines) is 1. The largest absolute Gasteiger partial charge is 0.497 e. The molecule has 4 rings (SSSR count). The van der Waals surface area contributed by atoms with Crippen LogP contribution in [0.4, 0.5) is 0 Å². The first-order valence-corrected chi connectivity index (χ1v) is 10.8. The molecule has 3 aliphatic rings. The lowest BCUT2D eigenvalue weighted by Gasteiger charge is -2.38. The van der Waals surface area contributed by atoms with E-state index >= 15 is 0 Å². The fourth-order valence-corrected chi connectivity index (χ4v) is 5.20. The van der Waals surface area contributed by atoms with Crippen LogP contribution in [0.1, 0.15) is 50.5 Å². The summed E-state index contributed by atoms with van der Waals surface area (Å²) in [5.74, 6) is 0.132. The topological polar surface area (TPSA) is 84.9 Å². The van der Waals surface area contributed by atoms with E-state index in [2.05, 4.69) is 5.32 Å². The van der Waals surface area contributed by atoms with E-state index in [9.17, 15) is 14.4 Å². The zero-order chi connectivity index (χ0) is 21.2. The van der Waals surface area contributed by atoms with Crippen molar-refractivity contribution in [2.75, 3.05) is 33.4 Å². The minimum absolute atomic E-state index is 0.156. The fraction of sp³-hybridized carbons (Fsp3) is 0.609. The van der Waals surface area contributed by atoms with E-state index in [0.717, 1.165) is 49.8 Å². The number of carbonyl (C=O) groups is 3. The van der Waals surface area contributed by atoms with E-state index in [1.165, 1.54) is 4.90 Å². The van der Waals surface area contributed by atoms with Crippen LogP contribution in [0.2, 0.25) is 0 Å². The van der Waals surface area contributed by atoms with Crippen LogP contribution in [0.3, 0.4) is 0 Å². The molecular weight excluding hydrogens is 384 g/mol. The maximum Gasteiger partial charge on any atom is 0.240 e. The average Bonchev–Trinajstić information content (AvgIpc) is 3.33. The predicted molar refractivity (Wildman–Crippen MR) is 110 cm³/mol. The van der Waals surface area contributed by atoms with Crippen molar-refractivity contribution < 1.29 is 23.9 Å². The summed E-state index contributed by atoms with van der Waals surface area (Å²) in [6.07, 6.45) is 5.32. The lowest BCUT2D eigenvalue weighted by molar-refractivity contribution is -0.144. The number of amides is 3. The normalized spacial score (nSPS) is 22.5. The molecule has 0 atom stereocenters. The number of benzene rings is 1. The molecular formula is C23H30N2O5. The zero-order valence-electron chi connectivity index (χ0n) is 17.6. The molecule has 1 aliphatic carbocycles. The molecule has 0 aromatic heterocycles. The SMILES string of the molecule is COc1ccc(C2(CNC(=O)CN3C(=O)CC4(CCCC4)C3=O)CCOCC2)cc1. The van der Waals surface area contributed by atoms with Crippen LogP contribution in [0, 0.1) is 5.41 Å². The van der Waals surface area contributed by atoms with Crippen LogP contribution in [0.5, 0.6) is 5.75 Å². The molecule has 3 fully saturated rings. The van der Waals surface area contributed by atoms with Gasteiger partial charge in [0.2, 0.25) is 17.7 Å². The lowest BCUT2D eigenvalue weighted by Crippen LogP contribution is -2.48. The quantitative estimate of drug-likeness (QED) is 0.722. The van der Waals surface area contributed by atoms with Crippen molar-refractivity contribution in [2.24, 2.45) is 5.41 Å². The average molecular weight is 415 g/mol. The van der Waals surface area contributed by atoms with Gasteiger partial charge in [-0.25, -0.2) is 0 Å². The van der Waals surface area contributed by atoms with Crippen molar-refractivity contribution >= 4 is 17.7 Å². The van der Waals surface area contributed by atoms with Gasteiger partial charge >= 0.3 is 0 Å². The van der Waals surface area contributed by atoms with E-state index in [-0.39, 0.29) is 36.1 Å². The first-order chi connectivity index (χ1) is 14.5. The van der Waals surface area contributed by atoms with Crippen LogP contribution in [0.25, 0.3) is 0 Å². The summed E-state index contributed by atoms with van der Waals surface area (Å²) in [6.45, 7) is 1.53. The van der Waals surface area contributed by atoms with Crippen LogP contribution in [-0.2, 0) is 24.5 Å². The standard InChI is InChI=1S/C23H30N2O5/c1-29-18-6-4-17(5-7-18)23(10-12-30-13-11-23)16-24-19(26)15-25-20(27)14-22(21(25)28)8-2-3-9-22/h4-7H,2-3,8-16H2,1H3,(H,24,26). The molecule has 1 aromatic carbocycles. The van der Waals surface area contributed by atoms with Gasteiger partial charge in [0.1, 0.15) is 12.3 Å². The van der Waals surface area contributed by atoms with Gasteiger partial charge in [0.25, 0.3) is 0 Å². The van der Waals surface area contributed by atoms with Gasteiger partial charge in [-0.3, -0.25) is 19.3 Å². The summed E-state index contributed by atoms with van der Waals surface area (Å²) in [4.78, 5) is 39.1. The summed E-state index contributed by atoms with van der Waals surface area (Å²) in [7, 11) is 1.64. The molecule has 162 valence electrons. The minimum atomic E-state index is -0.539. The Bertz CT molecular complexity index is 807. The Morgan fingerprint density at radius 3 is 2.40 bits per heavy atom. The Morgan fingerprint density at radius 2 is 1.77 bits per heavy atom. The third kappa shape index (κ3) is 3.83. The molecule has 30 heavy (non-hydrogen) atoms. The number of carbonyl (C=O) groups excluding carboxylic acids is 3. The smallest absolute Gasteiger partial charge is 0.240 e. The van der Waals surface area contributed by atoms with Gasteiger partial charge in [-0.05, 0) is 43.4 Å². The third-order valence-corrected chi connectivity index (χ3v) is 7.13. The van der Waals surface area contributed by atoms with Crippen LogP contribution in [-0.4, -0.2) is 56.0 Å². The number of nitrogens with one attached hydrogen (secondary N) is 1. The molecule has 7 heteroatoms. The molecule has 2 heterocycles. The van der Waals surface area contributed by atoms with Crippen LogP contribution >= 0.6 is 0 Å². The predicted octanol–water partition coefficient (Wildman–Crippen LogP) is 2.18. The highest BCUT2D eigenvalue weighted by molar-refractivity contribution is 6.08. The van der Waals surface area contributed by atoms with Crippen molar-refractivity contribution in [3.05, 3.63) is 29.8 Å². The monoisotopic (exact) mass is 414 g/mol. The number of hydrogen-bond acceptors (Lipinski definition) is 5. The number of rotatable bonds is 6. The number of nitrogens with zero attached hydrogens (tertiary/aromatic N) is 1.